The summed E-state index contributed by atoms with van der Waals surface area (Å²) in [5.74, 6) is 1.51. The molecule has 0 saturated carbocycles. The van der Waals surface area contributed by atoms with Crippen LogP contribution < -0.4 is 10.1 Å². The quantitative estimate of drug-likeness (QED) is 0.818. The van der Waals surface area contributed by atoms with E-state index in [1.807, 2.05) is 25.2 Å². The zero-order valence-electron chi connectivity index (χ0n) is 9.18. The third-order valence-electron chi connectivity index (χ3n) is 2.93. The number of para-hydroxylation sites is 1. The molecule has 2 aromatic rings. The highest BCUT2D eigenvalue weighted by molar-refractivity contribution is 5.80. The first-order valence-electron chi connectivity index (χ1n) is 5.46. The minimum Gasteiger partial charge on any atom is -0.491 e. The Bertz CT molecular complexity index is 504. The van der Waals surface area contributed by atoms with Gasteiger partial charge < -0.3 is 10.1 Å². The van der Waals surface area contributed by atoms with E-state index in [-0.39, 0.29) is 0 Å². The van der Waals surface area contributed by atoms with Crippen molar-refractivity contribution in [3.63, 3.8) is 0 Å². The van der Waals surface area contributed by atoms with Gasteiger partial charge in [-0.15, -0.1) is 5.10 Å². The average Bonchev–Trinajstić information content (AvgIpc) is 2.59. The molecule has 0 unspecified atom stereocenters. The zero-order chi connectivity index (χ0) is 11.0. The molecule has 1 fully saturated rings. The highest BCUT2D eigenvalue weighted by Crippen LogP contribution is 2.23. The summed E-state index contributed by atoms with van der Waals surface area (Å²) in [6.45, 7) is 2.87. The maximum absolute atomic E-state index is 5.82. The summed E-state index contributed by atoms with van der Waals surface area (Å²) in [6, 6.07) is 5.86. The van der Waals surface area contributed by atoms with E-state index < -0.39 is 0 Å². The fourth-order valence-electron chi connectivity index (χ4n) is 1.87. The number of benzene rings is 1. The number of hydrogen-bond donors (Lipinski definition) is 1. The van der Waals surface area contributed by atoms with Crippen LogP contribution in [0.4, 0.5) is 0 Å². The lowest BCUT2D eigenvalue weighted by molar-refractivity contribution is 0.200. The molecule has 0 atom stereocenters. The zero-order valence-corrected chi connectivity index (χ0v) is 9.18. The Kier molecular flexibility index (Phi) is 2.25. The normalized spacial score (nSPS) is 16.3. The van der Waals surface area contributed by atoms with Crippen molar-refractivity contribution in [2.45, 2.75) is 0 Å². The van der Waals surface area contributed by atoms with Crippen molar-refractivity contribution in [1.29, 1.82) is 0 Å². The third-order valence-corrected chi connectivity index (χ3v) is 2.93. The Hall–Kier alpha value is -1.62. The maximum Gasteiger partial charge on any atom is 0.146 e. The summed E-state index contributed by atoms with van der Waals surface area (Å²) in [7, 11) is 1.88. The van der Waals surface area contributed by atoms with E-state index in [9.17, 15) is 0 Å². The van der Waals surface area contributed by atoms with Crippen LogP contribution in [0, 0.1) is 5.92 Å². The van der Waals surface area contributed by atoms with Gasteiger partial charge in [0.15, 0.2) is 0 Å². The van der Waals surface area contributed by atoms with Gasteiger partial charge in [0, 0.05) is 26.1 Å². The van der Waals surface area contributed by atoms with Gasteiger partial charge in [-0.05, 0) is 12.1 Å². The van der Waals surface area contributed by atoms with Gasteiger partial charge >= 0.3 is 0 Å². The first kappa shape index (κ1) is 9.59. The monoisotopic (exact) mass is 218 g/mol. The first-order valence-corrected chi connectivity index (χ1v) is 5.46. The molecule has 1 aliphatic heterocycles. The van der Waals surface area contributed by atoms with E-state index in [1.165, 1.54) is 0 Å². The highest BCUT2D eigenvalue weighted by Gasteiger charge is 2.18. The predicted octanol–water partition coefficient (Wildman–Crippen LogP) is 0.566. The summed E-state index contributed by atoms with van der Waals surface area (Å²) in [4.78, 5) is 0. The number of nitrogens with zero attached hydrogens (tertiary/aromatic N) is 3. The number of rotatable bonds is 3. The summed E-state index contributed by atoms with van der Waals surface area (Å²) in [5, 5.41) is 11.3. The minimum absolute atomic E-state index is 0.636. The number of aryl methyl sites for hydroxylation is 1. The summed E-state index contributed by atoms with van der Waals surface area (Å²) in [6.07, 6.45) is 0. The average molecular weight is 218 g/mol. The lowest BCUT2D eigenvalue weighted by Crippen LogP contribution is -2.45. The topological polar surface area (TPSA) is 52.0 Å². The SMILES string of the molecule is Cn1nnc2cccc(OCC3CNC3)c21. The molecule has 0 amide bonds. The van der Waals surface area contributed by atoms with Crippen LogP contribution in [-0.4, -0.2) is 34.7 Å². The fraction of sp³-hybridized carbons (Fsp3) is 0.455. The molecule has 1 N–H and O–H groups in total. The number of hydrogen-bond acceptors (Lipinski definition) is 4. The molecular weight excluding hydrogens is 204 g/mol. The predicted molar refractivity (Wildman–Crippen MR) is 60.4 cm³/mol. The fourth-order valence-corrected chi connectivity index (χ4v) is 1.87. The Morgan fingerprint density at radius 2 is 2.38 bits per heavy atom. The van der Waals surface area contributed by atoms with Gasteiger partial charge in [0.05, 0.1) is 6.61 Å². The van der Waals surface area contributed by atoms with E-state index in [0.717, 1.165) is 36.5 Å². The molecule has 0 radical (unpaired) electrons. The minimum atomic E-state index is 0.636. The van der Waals surface area contributed by atoms with Gasteiger partial charge in [-0.2, -0.15) is 0 Å². The van der Waals surface area contributed by atoms with Crippen LogP contribution in [0.3, 0.4) is 0 Å². The van der Waals surface area contributed by atoms with E-state index in [0.29, 0.717) is 5.92 Å². The molecule has 1 saturated heterocycles. The second-order valence-electron chi connectivity index (χ2n) is 4.17. The van der Waals surface area contributed by atoms with Gasteiger partial charge in [-0.25, -0.2) is 4.68 Å². The Balaban J connectivity index is 1.86. The second kappa shape index (κ2) is 3.75. The number of fused-ring (bicyclic) bond motifs is 1. The molecule has 84 valence electrons. The molecule has 5 nitrogen and oxygen atoms in total. The number of nitrogens with one attached hydrogen (secondary N) is 1. The van der Waals surface area contributed by atoms with E-state index in [1.54, 1.807) is 4.68 Å². The molecule has 3 rings (SSSR count). The van der Waals surface area contributed by atoms with Crippen LogP contribution in [0.15, 0.2) is 18.2 Å². The van der Waals surface area contributed by atoms with Gasteiger partial charge in [-0.3, -0.25) is 0 Å². The van der Waals surface area contributed by atoms with E-state index >= 15 is 0 Å². The van der Waals surface area contributed by atoms with Gasteiger partial charge in [0.2, 0.25) is 0 Å². The third kappa shape index (κ3) is 1.53. The molecule has 0 bridgehead atoms. The second-order valence-corrected chi connectivity index (χ2v) is 4.17. The molecule has 16 heavy (non-hydrogen) atoms. The van der Waals surface area contributed by atoms with Crippen molar-refractivity contribution >= 4 is 11.0 Å². The van der Waals surface area contributed by atoms with Crippen molar-refractivity contribution in [3.05, 3.63) is 18.2 Å². The van der Waals surface area contributed by atoms with Crippen molar-refractivity contribution in [1.82, 2.24) is 20.3 Å². The number of aromatic nitrogens is 3. The Morgan fingerprint density at radius 3 is 3.12 bits per heavy atom. The van der Waals surface area contributed by atoms with Crippen LogP contribution in [-0.2, 0) is 7.05 Å². The molecule has 0 aliphatic carbocycles. The maximum atomic E-state index is 5.82. The molecule has 1 aromatic carbocycles. The molecule has 5 heteroatoms. The lowest BCUT2D eigenvalue weighted by Gasteiger charge is -2.26. The Morgan fingerprint density at radius 1 is 1.50 bits per heavy atom. The van der Waals surface area contributed by atoms with Crippen molar-refractivity contribution in [3.8, 4) is 5.75 Å². The van der Waals surface area contributed by atoms with Crippen LogP contribution >= 0.6 is 0 Å². The largest absolute Gasteiger partial charge is 0.491 e. The van der Waals surface area contributed by atoms with Crippen molar-refractivity contribution < 1.29 is 4.74 Å². The lowest BCUT2D eigenvalue weighted by atomic mass is 10.1. The van der Waals surface area contributed by atoms with Gasteiger partial charge in [-0.1, -0.05) is 11.3 Å². The standard InChI is InChI=1S/C11H14N4O/c1-15-11-9(13-14-15)3-2-4-10(11)16-7-8-5-12-6-8/h2-4,8,12H,5-7H2,1H3. The Labute approximate surface area is 93.4 Å². The van der Waals surface area contributed by atoms with Gasteiger partial charge in [0.1, 0.15) is 16.8 Å². The molecular formula is C11H14N4O. The first-order chi connectivity index (χ1) is 7.84. The molecule has 2 heterocycles. The highest BCUT2D eigenvalue weighted by atomic mass is 16.5. The van der Waals surface area contributed by atoms with Crippen LogP contribution in [0.5, 0.6) is 5.75 Å². The van der Waals surface area contributed by atoms with Gasteiger partial charge in [0.25, 0.3) is 0 Å². The van der Waals surface area contributed by atoms with Crippen LogP contribution in [0.2, 0.25) is 0 Å². The van der Waals surface area contributed by atoms with Crippen molar-refractivity contribution in [2.75, 3.05) is 19.7 Å². The van der Waals surface area contributed by atoms with Crippen molar-refractivity contribution in [2.24, 2.45) is 13.0 Å². The summed E-state index contributed by atoms with van der Waals surface area (Å²) < 4.78 is 7.58. The van der Waals surface area contributed by atoms with E-state index in [2.05, 4.69) is 15.6 Å². The number of ether oxygens (including phenoxy) is 1. The van der Waals surface area contributed by atoms with Crippen LogP contribution in [0.1, 0.15) is 0 Å². The summed E-state index contributed by atoms with van der Waals surface area (Å²) in [5.41, 5.74) is 1.85. The summed E-state index contributed by atoms with van der Waals surface area (Å²) >= 11 is 0. The van der Waals surface area contributed by atoms with Crippen LogP contribution in [0.25, 0.3) is 11.0 Å². The molecule has 1 aromatic heterocycles. The molecule has 1 aliphatic rings. The smallest absolute Gasteiger partial charge is 0.146 e. The molecule has 0 spiro atoms. The van der Waals surface area contributed by atoms with E-state index in [4.69, 9.17) is 4.74 Å².